The molecule has 7 nitrogen and oxygen atoms in total. The molecule has 0 aliphatic carbocycles. The fraction of sp³-hybridized carbons (Fsp3) is 0.200. The van der Waals surface area contributed by atoms with Crippen LogP contribution in [0.2, 0.25) is 0 Å². The Kier molecular flexibility index (Phi) is 5.02. The van der Waals surface area contributed by atoms with Gasteiger partial charge < -0.3 is 4.74 Å². The van der Waals surface area contributed by atoms with E-state index in [2.05, 4.69) is 20.5 Å². The summed E-state index contributed by atoms with van der Waals surface area (Å²) in [4.78, 5) is 28.8. The lowest BCUT2D eigenvalue weighted by atomic mass is 10.3. The monoisotopic (exact) mass is 362 g/mol. The Balaban J connectivity index is 1.63. The third kappa shape index (κ3) is 3.87. The number of anilines is 1. The van der Waals surface area contributed by atoms with Crippen LogP contribution in [0.15, 0.2) is 29.0 Å². The molecule has 0 unspecified atom stereocenters. The van der Waals surface area contributed by atoms with Crippen LogP contribution in [0.1, 0.15) is 23.1 Å². The van der Waals surface area contributed by atoms with Gasteiger partial charge in [-0.05, 0) is 24.4 Å². The zero-order valence-electron chi connectivity index (χ0n) is 12.7. The van der Waals surface area contributed by atoms with Gasteiger partial charge in [0.05, 0.1) is 29.3 Å². The predicted octanol–water partition coefficient (Wildman–Crippen LogP) is 2.95. The highest BCUT2D eigenvalue weighted by Crippen LogP contribution is 2.23. The van der Waals surface area contributed by atoms with Crippen molar-refractivity contribution < 1.29 is 14.3 Å². The van der Waals surface area contributed by atoms with Crippen LogP contribution in [0.25, 0.3) is 10.6 Å². The topological polar surface area (TPSA) is 97.0 Å². The Morgan fingerprint density at radius 1 is 1.38 bits per heavy atom. The summed E-state index contributed by atoms with van der Waals surface area (Å²) in [5, 5.41) is 13.6. The van der Waals surface area contributed by atoms with Crippen molar-refractivity contribution in [2.75, 3.05) is 11.9 Å². The molecule has 124 valence electrons. The first-order valence-corrected chi connectivity index (χ1v) is 8.92. The van der Waals surface area contributed by atoms with Gasteiger partial charge in [-0.1, -0.05) is 6.07 Å². The number of H-pyrrole nitrogens is 1. The average molecular weight is 362 g/mol. The zero-order chi connectivity index (χ0) is 16.9. The fourth-order valence-electron chi connectivity index (χ4n) is 1.96. The number of rotatable bonds is 6. The summed E-state index contributed by atoms with van der Waals surface area (Å²) in [7, 11) is 0. The molecule has 3 aromatic rings. The Morgan fingerprint density at radius 2 is 2.25 bits per heavy atom. The van der Waals surface area contributed by atoms with Crippen molar-refractivity contribution in [3.63, 3.8) is 0 Å². The number of hydrogen-bond donors (Lipinski definition) is 2. The number of ether oxygens (including phenoxy) is 1. The smallest absolute Gasteiger partial charge is 0.311 e. The molecule has 0 aromatic carbocycles. The average Bonchev–Trinajstić information content (AvgIpc) is 3.28. The molecule has 1 amide bonds. The third-order valence-corrected chi connectivity index (χ3v) is 4.71. The summed E-state index contributed by atoms with van der Waals surface area (Å²) < 4.78 is 4.87. The summed E-state index contributed by atoms with van der Waals surface area (Å²) in [6, 6.07) is 5.57. The predicted molar refractivity (Wildman–Crippen MR) is 92.3 cm³/mol. The molecule has 0 bridgehead atoms. The van der Waals surface area contributed by atoms with Crippen LogP contribution in [-0.4, -0.2) is 33.7 Å². The van der Waals surface area contributed by atoms with Gasteiger partial charge in [0.2, 0.25) is 0 Å². The van der Waals surface area contributed by atoms with E-state index in [1.807, 2.05) is 17.5 Å². The maximum atomic E-state index is 12.2. The molecule has 9 heteroatoms. The maximum absolute atomic E-state index is 12.2. The highest BCUT2D eigenvalue weighted by molar-refractivity contribution is 7.14. The molecule has 0 fully saturated rings. The number of thiophene rings is 1. The normalized spacial score (nSPS) is 10.5. The maximum Gasteiger partial charge on any atom is 0.311 e. The molecular weight excluding hydrogens is 348 g/mol. The largest absolute Gasteiger partial charge is 0.466 e. The van der Waals surface area contributed by atoms with Crippen LogP contribution < -0.4 is 5.32 Å². The number of aromatic nitrogens is 3. The van der Waals surface area contributed by atoms with Crippen molar-refractivity contribution in [2.24, 2.45) is 0 Å². The van der Waals surface area contributed by atoms with Crippen molar-refractivity contribution in [1.82, 2.24) is 15.2 Å². The van der Waals surface area contributed by atoms with E-state index in [9.17, 15) is 9.59 Å². The standard InChI is InChI=1S/C15H14N4O3S2/c1-2-22-13(20)6-9-8-24-15(16-9)17-14(21)11-7-10(18-19-11)12-4-3-5-23-12/h3-5,7-8H,2,6H2,1H3,(H,18,19)(H,16,17,21). The summed E-state index contributed by atoms with van der Waals surface area (Å²) in [5.74, 6) is -0.695. The molecule has 0 saturated heterocycles. The first kappa shape index (κ1) is 16.3. The molecule has 3 aromatic heterocycles. The van der Waals surface area contributed by atoms with Crippen molar-refractivity contribution >= 4 is 39.7 Å². The number of thiazole rings is 1. The highest BCUT2D eigenvalue weighted by Gasteiger charge is 2.15. The van der Waals surface area contributed by atoms with E-state index in [-0.39, 0.29) is 24.0 Å². The highest BCUT2D eigenvalue weighted by atomic mass is 32.1. The van der Waals surface area contributed by atoms with E-state index in [1.165, 1.54) is 11.3 Å². The molecule has 0 saturated carbocycles. The van der Waals surface area contributed by atoms with Crippen LogP contribution >= 0.6 is 22.7 Å². The molecule has 0 atom stereocenters. The van der Waals surface area contributed by atoms with E-state index in [4.69, 9.17) is 4.74 Å². The van der Waals surface area contributed by atoms with Gasteiger partial charge in [-0.2, -0.15) is 5.10 Å². The number of nitrogens with one attached hydrogen (secondary N) is 2. The number of nitrogens with zero attached hydrogens (tertiary/aromatic N) is 2. The van der Waals surface area contributed by atoms with Gasteiger partial charge in [-0.25, -0.2) is 4.98 Å². The lowest BCUT2D eigenvalue weighted by Gasteiger charge is -1.99. The number of carbonyl (C=O) groups is 2. The van der Waals surface area contributed by atoms with E-state index < -0.39 is 0 Å². The molecule has 2 N–H and O–H groups in total. The van der Waals surface area contributed by atoms with E-state index in [0.29, 0.717) is 17.4 Å². The number of aromatic amines is 1. The van der Waals surface area contributed by atoms with Gasteiger partial charge in [0.1, 0.15) is 0 Å². The molecular formula is C15H14N4O3S2. The summed E-state index contributed by atoms with van der Waals surface area (Å²) in [5.41, 5.74) is 1.63. The van der Waals surface area contributed by atoms with E-state index in [1.54, 1.807) is 29.7 Å². The Labute approximate surface area is 145 Å². The molecule has 3 rings (SSSR count). The van der Waals surface area contributed by atoms with Gasteiger partial charge >= 0.3 is 5.97 Å². The Morgan fingerprint density at radius 3 is 3.00 bits per heavy atom. The van der Waals surface area contributed by atoms with Crippen LogP contribution in [0.3, 0.4) is 0 Å². The van der Waals surface area contributed by atoms with E-state index in [0.717, 1.165) is 10.6 Å². The van der Waals surface area contributed by atoms with Gasteiger partial charge in [0.15, 0.2) is 10.8 Å². The lowest BCUT2D eigenvalue weighted by molar-refractivity contribution is -0.142. The Bertz CT molecular complexity index is 839. The molecule has 24 heavy (non-hydrogen) atoms. The van der Waals surface area contributed by atoms with Crippen LogP contribution in [0.5, 0.6) is 0 Å². The molecule has 0 aliphatic rings. The Hall–Kier alpha value is -2.52. The number of esters is 1. The minimum atomic E-state index is -0.355. The molecule has 3 heterocycles. The molecule has 0 radical (unpaired) electrons. The molecule has 0 aliphatic heterocycles. The van der Waals surface area contributed by atoms with Crippen LogP contribution in [0.4, 0.5) is 5.13 Å². The third-order valence-electron chi connectivity index (χ3n) is 3.00. The second-order valence-corrected chi connectivity index (χ2v) is 6.53. The summed E-state index contributed by atoms with van der Waals surface area (Å²) >= 11 is 2.81. The van der Waals surface area contributed by atoms with Crippen molar-refractivity contribution in [1.29, 1.82) is 0 Å². The number of amides is 1. The zero-order valence-corrected chi connectivity index (χ0v) is 14.4. The van der Waals surface area contributed by atoms with Gasteiger partial charge in [0, 0.05) is 5.38 Å². The summed E-state index contributed by atoms with van der Waals surface area (Å²) in [6.07, 6.45) is 0.0884. The van der Waals surface area contributed by atoms with Gasteiger partial charge in [0.25, 0.3) is 5.91 Å². The lowest BCUT2D eigenvalue weighted by Crippen LogP contribution is -2.12. The SMILES string of the molecule is CCOC(=O)Cc1csc(NC(=O)c2cc(-c3cccs3)[nH]n2)n1. The second-order valence-electron chi connectivity index (χ2n) is 4.72. The molecule has 0 spiro atoms. The first-order chi connectivity index (χ1) is 11.7. The second kappa shape index (κ2) is 7.37. The van der Waals surface area contributed by atoms with Crippen molar-refractivity contribution in [3.8, 4) is 10.6 Å². The number of carbonyl (C=O) groups excluding carboxylic acids is 2. The first-order valence-electron chi connectivity index (χ1n) is 7.16. The van der Waals surface area contributed by atoms with Crippen molar-refractivity contribution in [2.45, 2.75) is 13.3 Å². The number of hydrogen-bond acceptors (Lipinski definition) is 7. The van der Waals surface area contributed by atoms with Gasteiger partial charge in [-0.15, -0.1) is 22.7 Å². The van der Waals surface area contributed by atoms with Crippen LogP contribution in [0, 0.1) is 0 Å². The fourth-order valence-corrected chi connectivity index (χ4v) is 3.36. The van der Waals surface area contributed by atoms with Crippen molar-refractivity contribution in [3.05, 3.63) is 40.3 Å². The van der Waals surface area contributed by atoms with Crippen LogP contribution in [-0.2, 0) is 16.0 Å². The minimum absolute atomic E-state index is 0.0884. The minimum Gasteiger partial charge on any atom is -0.466 e. The summed E-state index contributed by atoms with van der Waals surface area (Å²) in [6.45, 7) is 2.08. The quantitative estimate of drug-likeness (QED) is 0.657. The van der Waals surface area contributed by atoms with Gasteiger partial charge in [-0.3, -0.25) is 20.0 Å². The van der Waals surface area contributed by atoms with E-state index >= 15 is 0 Å².